The number of nitrogens with one attached hydrogen (secondary N) is 1. The Morgan fingerprint density at radius 3 is 2.45 bits per heavy atom. The van der Waals surface area contributed by atoms with Crippen LogP contribution in [0.15, 0.2) is 24.3 Å². The van der Waals surface area contributed by atoms with E-state index in [2.05, 4.69) is 55.3 Å². The van der Waals surface area contributed by atoms with E-state index in [4.69, 9.17) is 9.47 Å². The van der Waals surface area contributed by atoms with Gasteiger partial charge in [-0.15, -0.1) is 0 Å². The van der Waals surface area contributed by atoms with E-state index < -0.39 is 0 Å². The van der Waals surface area contributed by atoms with Gasteiger partial charge in [-0.25, -0.2) is 0 Å². The third kappa shape index (κ3) is 5.95. The molecule has 1 aromatic rings. The molecule has 0 amide bonds. The molecule has 4 heteroatoms. The van der Waals surface area contributed by atoms with Crippen LogP contribution in [-0.2, 0) is 11.2 Å². The van der Waals surface area contributed by atoms with Crippen molar-refractivity contribution in [2.45, 2.75) is 39.3 Å². The van der Waals surface area contributed by atoms with E-state index in [1.807, 2.05) is 0 Å². The fourth-order valence-corrected chi connectivity index (χ4v) is 2.60. The molecular weight excluding hydrogens is 276 g/mol. The summed E-state index contributed by atoms with van der Waals surface area (Å²) in [6.07, 6.45) is 1.06. The van der Waals surface area contributed by atoms with Crippen molar-refractivity contribution in [2.24, 2.45) is 0 Å². The van der Waals surface area contributed by atoms with Crippen molar-refractivity contribution in [3.8, 4) is 5.75 Å². The van der Waals surface area contributed by atoms with Gasteiger partial charge in [-0.2, -0.15) is 0 Å². The van der Waals surface area contributed by atoms with Crippen LogP contribution in [0.3, 0.4) is 0 Å². The molecule has 2 rings (SSSR count). The van der Waals surface area contributed by atoms with E-state index in [1.54, 1.807) is 0 Å². The number of hydrogen-bond donors (Lipinski definition) is 1. The minimum atomic E-state index is 0.429. The van der Waals surface area contributed by atoms with Gasteiger partial charge in [0.05, 0.1) is 13.2 Å². The monoisotopic (exact) mass is 306 g/mol. The smallest absolute Gasteiger partial charge is 0.119 e. The van der Waals surface area contributed by atoms with Crippen LogP contribution in [0, 0.1) is 0 Å². The first-order valence-corrected chi connectivity index (χ1v) is 8.42. The zero-order valence-electron chi connectivity index (χ0n) is 14.2. The molecule has 1 atom stereocenters. The molecule has 1 aliphatic heterocycles. The summed E-state index contributed by atoms with van der Waals surface area (Å²) in [5, 5.41) is 3.44. The Balaban J connectivity index is 1.71. The summed E-state index contributed by atoms with van der Waals surface area (Å²) >= 11 is 0. The van der Waals surface area contributed by atoms with E-state index >= 15 is 0 Å². The first kappa shape index (κ1) is 17.3. The van der Waals surface area contributed by atoms with Crippen molar-refractivity contribution in [3.05, 3.63) is 29.8 Å². The van der Waals surface area contributed by atoms with Crippen LogP contribution in [0.25, 0.3) is 0 Å². The molecule has 4 nitrogen and oxygen atoms in total. The molecule has 0 aromatic heterocycles. The van der Waals surface area contributed by atoms with Crippen molar-refractivity contribution in [3.63, 3.8) is 0 Å². The maximum atomic E-state index is 5.92. The molecule has 1 heterocycles. The molecule has 0 spiro atoms. The summed E-state index contributed by atoms with van der Waals surface area (Å²) in [5.74, 6) is 0.959. The topological polar surface area (TPSA) is 33.7 Å². The van der Waals surface area contributed by atoms with Crippen LogP contribution in [0.5, 0.6) is 5.75 Å². The minimum Gasteiger partial charge on any atom is -0.492 e. The van der Waals surface area contributed by atoms with Gasteiger partial charge in [-0.3, -0.25) is 4.90 Å². The highest BCUT2D eigenvalue weighted by Gasteiger charge is 2.17. The molecule has 124 valence electrons. The van der Waals surface area contributed by atoms with Crippen LogP contribution < -0.4 is 10.1 Å². The molecule has 1 aromatic carbocycles. The fraction of sp³-hybridized carbons (Fsp3) is 0.667. The Morgan fingerprint density at radius 1 is 1.14 bits per heavy atom. The van der Waals surface area contributed by atoms with E-state index in [0.717, 1.165) is 51.6 Å². The van der Waals surface area contributed by atoms with E-state index in [0.29, 0.717) is 12.1 Å². The molecule has 1 unspecified atom stereocenters. The average molecular weight is 306 g/mol. The number of ether oxygens (including phenoxy) is 2. The Kier molecular flexibility index (Phi) is 7.16. The molecule has 0 aliphatic carbocycles. The van der Waals surface area contributed by atoms with E-state index in [-0.39, 0.29) is 0 Å². The number of rotatable bonds is 8. The van der Waals surface area contributed by atoms with Gasteiger partial charge >= 0.3 is 0 Å². The van der Waals surface area contributed by atoms with Crippen LogP contribution in [0.1, 0.15) is 26.3 Å². The predicted octanol–water partition coefficient (Wildman–Crippen LogP) is 2.33. The lowest BCUT2D eigenvalue weighted by Crippen LogP contribution is -2.44. The lowest BCUT2D eigenvalue weighted by molar-refractivity contribution is 0.0105. The van der Waals surface area contributed by atoms with Gasteiger partial charge in [-0.1, -0.05) is 26.0 Å². The Bertz CT molecular complexity index is 414. The summed E-state index contributed by atoms with van der Waals surface area (Å²) in [7, 11) is 0. The van der Waals surface area contributed by atoms with Gasteiger partial charge in [0.25, 0.3) is 0 Å². The van der Waals surface area contributed by atoms with Gasteiger partial charge < -0.3 is 14.8 Å². The molecule has 0 radical (unpaired) electrons. The second kappa shape index (κ2) is 9.13. The maximum Gasteiger partial charge on any atom is 0.119 e. The highest BCUT2D eigenvalue weighted by molar-refractivity contribution is 5.27. The zero-order valence-corrected chi connectivity index (χ0v) is 14.2. The van der Waals surface area contributed by atoms with Crippen molar-refractivity contribution in [1.82, 2.24) is 10.2 Å². The second-order valence-electron chi connectivity index (χ2n) is 6.31. The zero-order chi connectivity index (χ0) is 15.8. The normalized spacial score (nSPS) is 17.6. The van der Waals surface area contributed by atoms with Crippen molar-refractivity contribution in [2.75, 3.05) is 39.5 Å². The quantitative estimate of drug-likeness (QED) is 0.799. The summed E-state index contributed by atoms with van der Waals surface area (Å²) in [5.41, 5.74) is 1.35. The van der Waals surface area contributed by atoms with Crippen molar-refractivity contribution < 1.29 is 9.47 Å². The average Bonchev–Trinajstić information content (AvgIpc) is 2.54. The van der Waals surface area contributed by atoms with Crippen LogP contribution in [-0.4, -0.2) is 56.4 Å². The van der Waals surface area contributed by atoms with Gasteiger partial charge in [0.15, 0.2) is 0 Å². The number of morpholine rings is 1. The van der Waals surface area contributed by atoms with Gasteiger partial charge in [0.1, 0.15) is 12.4 Å². The third-order valence-electron chi connectivity index (χ3n) is 4.05. The molecule has 1 fully saturated rings. The SMILES string of the molecule is CC(C)NCCc1ccc(OCC(C)N2CCOCC2)cc1. The molecule has 0 saturated carbocycles. The first-order valence-electron chi connectivity index (χ1n) is 8.42. The highest BCUT2D eigenvalue weighted by atomic mass is 16.5. The van der Waals surface area contributed by atoms with Gasteiger partial charge in [-0.05, 0) is 37.6 Å². The number of benzene rings is 1. The first-order chi connectivity index (χ1) is 10.6. The molecule has 0 bridgehead atoms. The van der Waals surface area contributed by atoms with Crippen molar-refractivity contribution >= 4 is 0 Å². The number of nitrogens with zero attached hydrogens (tertiary/aromatic N) is 1. The highest BCUT2D eigenvalue weighted by Crippen LogP contribution is 2.14. The Morgan fingerprint density at radius 2 is 1.82 bits per heavy atom. The molecule has 1 N–H and O–H groups in total. The minimum absolute atomic E-state index is 0.429. The standard InChI is InChI=1S/C18H30N2O2/c1-15(2)19-9-8-17-4-6-18(7-5-17)22-14-16(3)20-10-12-21-13-11-20/h4-7,15-16,19H,8-14H2,1-3H3. The van der Waals surface area contributed by atoms with Crippen LogP contribution in [0.2, 0.25) is 0 Å². The maximum absolute atomic E-state index is 5.92. The lowest BCUT2D eigenvalue weighted by Gasteiger charge is -2.32. The van der Waals surface area contributed by atoms with Gasteiger partial charge in [0, 0.05) is 25.2 Å². The molecule has 1 saturated heterocycles. The van der Waals surface area contributed by atoms with Crippen LogP contribution in [0.4, 0.5) is 0 Å². The van der Waals surface area contributed by atoms with E-state index in [1.165, 1.54) is 5.56 Å². The second-order valence-corrected chi connectivity index (χ2v) is 6.31. The largest absolute Gasteiger partial charge is 0.492 e. The Labute approximate surface area is 134 Å². The number of hydrogen-bond acceptors (Lipinski definition) is 4. The summed E-state index contributed by atoms with van der Waals surface area (Å²) in [6.45, 7) is 12.0. The predicted molar refractivity (Wildman–Crippen MR) is 90.6 cm³/mol. The van der Waals surface area contributed by atoms with Crippen molar-refractivity contribution in [1.29, 1.82) is 0 Å². The Hall–Kier alpha value is -1.10. The summed E-state index contributed by atoms with van der Waals surface area (Å²) < 4.78 is 11.3. The fourth-order valence-electron chi connectivity index (χ4n) is 2.60. The molecule has 22 heavy (non-hydrogen) atoms. The summed E-state index contributed by atoms with van der Waals surface area (Å²) in [4.78, 5) is 2.43. The third-order valence-corrected chi connectivity index (χ3v) is 4.05. The van der Waals surface area contributed by atoms with Gasteiger partial charge in [0.2, 0.25) is 0 Å². The lowest BCUT2D eigenvalue weighted by atomic mass is 10.1. The van der Waals surface area contributed by atoms with E-state index in [9.17, 15) is 0 Å². The summed E-state index contributed by atoms with van der Waals surface area (Å²) in [6, 6.07) is 9.46. The molecule has 1 aliphatic rings. The van der Waals surface area contributed by atoms with Crippen LogP contribution >= 0.6 is 0 Å². The molecular formula is C18H30N2O2.